The molecule has 0 aliphatic carbocycles. The summed E-state index contributed by atoms with van der Waals surface area (Å²) in [6.07, 6.45) is 0. The summed E-state index contributed by atoms with van der Waals surface area (Å²) in [7, 11) is 0. The Labute approximate surface area is 178 Å². The van der Waals surface area contributed by atoms with E-state index >= 15 is 0 Å². The summed E-state index contributed by atoms with van der Waals surface area (Å²) in [5.74, 6) is 0. The number of aromatic nitrogens is 2. The topological polar surface area (TPSA) is 31.6 Å². The Morgan fingerprint density at radius 2 is 0.821 bits per heavy atom. The third kappa shape index (κ3) is 2.93. The van der Waals surface area contributed by atoms with E-state index in [2.05, 4.69) is 115 Å². The minimum Gasteiger partial charge on any atom is -0.354 e. The van der Waals surface area contributed by atoms with Crippen LogP contribution in [0.5, 0.6) is 0 Å². The molecule has 2 aromatic heterocycles. The molecule has 2 nitrogen and oxygen atoms in total. The lowest BCUT2D eigenvalue weighted by molar-refractivity contribution is 1.53. The van der Waals surface area contributed by atoms with E-state index < -0.39 is 0 Å². The Balaban J connectivity index is 0.000000122. The van der Waals surface area contributed by atoms with Crippen molar-refractivity contribution >= 4 is 75.5 Å². The fraction of sp³-hybridized carbons (Fsp3) is 0. The van der Waals surface area contributed by atoms with E-state index in [0.717, 1.165) is 8.95 Å². The van der Waals surface area contributed by atoms with Gasteiger partial charge in [-0.25, -0.2) is 0 Å². The molecule has 6 rings (SSSR count). The van der Waals surface area contributed by atoms with Gasteiger partial charge in [0.15, 0.2) is 0 Å². The van der Waals surface area contributed by atoms with E-state index in [-0.39, 0.29) is 0 Å². The first-order chi connectivity index (χ1) is 13.7. The summed E-state index contributed by atoms with van der Waals surface area (Å²) in [6, 6.07) is 29.2. The molecule has 0 aliphatic heterocycles. The third-order valence-electron chi connectivity index (χ3n) is 4.98. The van der Waals surface area contributed by atoms with E-state index in [4.69, 9.17) is 0 Å². The molecular formula is C24H16Br2N2. The van der Waals surface area contributed by atoms with Crippen LogP contribution in [0.3, 0.4) is 0 Å². The average molecular weight is 492 g/mol. The number of benzene rings is 4. The zero-order valence-corrected chi connectivity index (χ0v) is 18.0. The molecule has 2 N–H and O–H groups in total. The molecule has 0 saturated carbocycles. The van der Waals surface area contributed by atoms with Crippen LogP contribution in [-0.4, -0.2) is 9.97 Å². The standard InChI is InChI=1S/2C12H8BrN/c2*13-10-6-3-5-9-8-4-1-2-7-11(8)14-12(9)10/h2*1-7,14H. The lowest BCUT2D eigenvalue weighted by Crippen LogP contribution is -1.68. The van der Waals surface area contributed by atoms with Gasteiger partial charge in [0.05, 0.1) is 11.0 Å². The zero-order chi connectivity index (χ0) is 19.1. The Morgan fingerprint density at radius 3 is 1.29 bits per heavy atom. The zero-order valence-electron chi connectivity index (χ0n) is 14.8. The van der Waals surface area contributed by atoms with Gasteiger partial charge < -0.3 is 9.97 Å². The molecule has 0 saturated heterocycles. The number of para-hydroxylation sites is 4. The molecule has 0 aliphatic rings. The first-order valence-corrected chi connectivity index (χ1v) is 10.6. The first kappa shape index (κ1) is 17.5. The van der Waals surface area contributed by atoms with Gasteiger partial charge in [-0.3, -0.25) is 0 Å². The molecule has 2 heterocycles. The lowest BCUT2D eigenvalue weighted by atomic mass is 10.2. The summed E-state index contributed by atoms with van der Waals surface area (Å²) >= 11 is 7.09. The maximum absolute atomic E-state index is 3.54. The number of rotatable bonds is 0. The van der Waals surface area contributed by atoms with Crippen LogP contribution in [0, 0.1) is 0 Å². The minimum absolute atomic E-state index is 1.12. The van der Waals surface area contributed by atoms with Crippen molar-refractivity contribution in [3.63, 3.8) is 0 Å². The second-order valence-corrected chi connectivity index (χ2v) is 8.37. The van der Waals surface area contributed by atoms with Gasteiger partial charge in [-0.2, -0.15) is 0 Å². The molecular weight excluding hydrogens is 476 g/mol. The van der Waals surface area contributed by atoms with Crippen LogP contribution >= 0.6 is 31.9 Å². The average Bonchev–Trinajstić information content (AvgIpc) is 3.29. The van der Waals surface area contributed by atoms with E-state index in [0.29, 0.717) is 0 Å². The second kappa shape index (κ2) is 7.12. The van der Waals surface area contributed by atoms with Crippen LogP contribution in [-0.2, 0) is 0 Å². The summed E-state index contributed by atoms with van der Waals surface area (Å²) < 4.78 is 2.23. The molecule has 6 aromatic rings. The van der Waals surface area contributed by atoms with Crippen LogP contribution < -0.4 is 0 Å². The molecule has 0 atom stereocenters. The predicted molar refractivity (Wildman–Crippen MR) is 127 cm³/mol. The molecule has 136 valence electrons. The number of hydrogen-bond acceptors (Lipinski definition) is 0. The molecule has 4 heteroatoms. The first-order valence-electron chi connectivity index (χ1n) is 9.02. The quantitative estimate of drug-likeness (QED) is 0.215. The van der Waals surface area contributed by atoms with Crippen LogP contribution in [0.4, 0.5) is 0 Å². The number of halogens is 2. The predicted octanol–water partition coefficient (Wildman–Crippen LogP) is 8.17. The minimum atomic E-state index is 1.12. The fourth-order valence-electron chi connectivity index (χ4n) is 3.67. The number of nitrogens with one attached hydrogen (secondary N) is 2. The van der Waals surface area contributed by atoms with Crippen molar-refractivity contribution in [1.82, 2.24) is 9.97 Å². The highest BCUT2D eigenvalue weighted by atomic mass is 79.9. The van der Waals surface area contributed by atoms with E-state index in [1.165, 1.54) is 43.6 Å². The maximum atomic E-state index is 3.54. The number of fused-ring (bicyclic) bond motifs is 6. The Morgan fingerprint density at radius 1 is 0.429 bits per heavy atom. The molecule has 28 heavy (non-hydrogen) atoms. The molecule has 0 fully saturated rings. The van der Waals surface area contributed by atoms with Crippen LogP contribution in [0.25, 0.3) is 43.6 Å². The SMILES string of the molecule is Brc1cccc2c1[nH]c1ccccc12.Brc1cccc2c1[nH]c1ccccc12. The van der Waals surface area contributed by atoms with Crippen molar-refractivity contribution in [2.75, 3.05) is 0 Å². The van der Waals surface area contributed by atoms with Crippen LogP contribution in [0.2, 0.25) is 0 Å². The van der Waals surface area contributed by atoms with Crippen LogP contribution in [0.1, 0.15) is 0 Å². The van der Waals surface area contributed by atoms with Gasteiger partial charge in [0.25, 0.3) is 0 Å². The largest absolute Gasteiger partial charge is 0.354 e. The van der Waals surface area contributed by atoms with Gasteiger partial charge >= 0.3 is 0 Å². The normalized spacial score (nSPS) is 11.2. The monoisotopic (exact) mass is 490 g/mol. The van der Waals surface area contributed by atoms with Crippen molar-refractivity contribution in [2.45, 2.75) is 0 Å². The summed E-state index contributed by atoms with van der Waals surface area (Å²) in [4.78, 5) is 6.80. The summed E-state index contributed by atoms with van der Waals surface area (Å²) in [5.41, 5.74) is 4.73. The van der Waals surface area contributed by atoms with Gasteiger partial charge in [0, 0.05) is 41.5 Å². The highest BCUT2D eigenvalue weighted by molar-refractivity contribution is 9.11. The number of H-pyrrole nitrogens is 2. The lowest BCUT2D eigenvalue weighted by Gasteiger charge is -1.92. The molecule has 0 unspecified atom stereocenters. The Hall–Kier alpha value is -2.56. The smallest absolute Gasteiger partial charge is 0.0609 e. The molecule has 0 amide bonds. The van der Waals surface area contributed by atoms with Gasteiger partial charge in [-0.05, 0) is 56.1 Å². The fourth-order valence-corrected chi connectivity index (χ4v) is 4.61. The van der Waals surface area contributed by atoms with E-state index in [1.54, 1.807) is 0 Å². The van der Waals surface area contributed by atoms with E-state index in [9.17, 15) is 0 Å². The van der Waals surface area contributed by atoms with Crippen molar-refractivity contribution < 1.29 is 0 Å². The van der Waals surface area contributed by atoms with Crippen molar-refractivity contribution in [3.05, 3.63) is 93.9 Å². The Bertz CT molecular complexity index is 1330. The Kier molecular flexibility index (Phi) is 4.46. The van der Waals surface area contributed by atoms with Gasteiger partial charge in [-0.1, -0.05) is 60.7 Å². The van der Waals surface area contributed by atoms with Gasteiger partial charge in [0.2, 0.25) is 0 Å². The van der Waals surface area contributed by atoms with Crippen molar-refractivity contribution in [2.24, 2.45) is 0 Å². The third-order valence-corrected chi connectivity index (χ3v) is 6.30. The van der Waals surface area contributed by atoms with Crippen LogP contribution in [0.15, 0.2) is 93.9 Å². The van der Waals surface area contributed by atoms with Crippen molar-refractivity contribution in [1.29, 1.82) is 0 Å². The highest BCUT2D eigenvalue weighted by Gasteiger charge is 2.05. The highest BCUT2D eigenvalue weighted by Crippen LogP contribution is 2.30. The van der Waals surface area contributed by atoms with Gasteiger partial charge in [-0.15, -0.1) is 0 Å². The van der Waals surface area contributed by atoms with E-state index in [1.807, 2.05) is 12.1 Å². The number of aromatic amines is 2. The maximum Gasteiger partial charge on any atom is 0.0609 e. The summed E-state index contributed by atoms with van der Waals surface area (Å²) in [5, 5.41) is 5.11. The van der Waals surface area contributed by atoms with Gasteiger partial charge in [0.1, 0.15) is 0 Å². The molecule has 0 spiro atoms. The molecule has 0 radical (unpaired) electrons. The summed E-state index contributed by atoms with van der Waals surface area (Å²) in [6.45, 7) is 0. The second-order valence-electron chi connectivity index (χ2n) is 6.67. The van der Waals surface area contributed by atoms with Crippen molar-refractivity contribution in [3.8, 4) is 0 Å². The molecule has 4 aromatic carbocycles. The number of hydrogen-bond donors (Lipinski definition) is 2. The molecule has 0 bridgehead atoms.